The Hall–Kier alpha value is -1.55. The molecule has 1 N–H and O–H groups in total. The number of carbonyl (C=O) groups is 2. The van der Waals surface area contributed by atoms with E-state index in [1.54, 1.807) is 29.2 Å². The summed E-state index contributed by atoms with van der Waals surface area (Å²) in [5.74, 6) is -0.836. The molecule has 0 unspecified atom stereocenters. The maximum Gasteiger partial charge on any atom is 0.309 e. The van der Waals surface area contributed by atoms with E-state index in [1.807, 2.05) is 6.92 Å². The van der Waals surface area contributed by atoms with Gasteiger partial charge in [0.25, 0.3) is 5.91 Å². The molecule has 1 amide bonds. The van der Waals surface area contributed by atoms with Crippen LogP contribution in [-0.2, 0) is 4.79 Å². The molecule has 1 fully saturated rings. The van der Waals surface area contributed by atoms with Crippen LogP contribution < -0.4 is 0 Å². The van der Waals surface area contributed by atoms with Gasteiger partial charge in [-0.1, -0.05) is 24.6 Å². The lowest BCUT2D eigenvalue weighted by molar-refractivity contribution is -0.152. The van der Waals surface area contributed by atoms with Crippen LogP contribution in [0.25, 0.3) is 0 Å². The Morgan fingerprint density at radius 2 is 2.00 bits per heavy atom. The number of nitrogens with zero attached hydrogens (tertiary/aromatic N) is 1. The molecule has 0 aliphatic carbocycles. The molecule has 5 heteroatoms. The minimum absolute atomic E-state index is 0.0809. The fourth-order valence-corrected chi connectivity index (χ4v) is 2.85. The third kappa shape index (κ3) is 2.80. The van der Waals surface area contributed by atoms with Gasteiger partial charge in [-0.25, -0.2) is 0 Å². The van der Waals surface area contributed by atoms with Crippen LogP contribution in [0, 0.1) is 5.41 Å². The van der Waals surface area contributed by atoms with E-state index < -0.39 is 11.4 Å². The van der Waals surface area contributed by atoms with Crippen molar-refractivity contribution in [3.63, 3.8) is 0 Å². The summed E-state index contributed by atoms with van der Waals surface area (Å²) in [6.07, 6.45) is 1.61. The zero-order chi connectivity index (χ0) is 14.8. The molecular weight excluding hydrogens is 278 g/mol. The molecule has 0 aromatic heterocycles. The summed E-state index contributed by atoms with van der Waals surface area (Å²) in [6, 6.07) is 6.84. The molecule has 1 heterocycles. The van der Waals surface area contributed by atoms with Crippen LogP contribution in [-0.4, -0.2) is 35.0 Å². The van der Waals surface area contributed by atoms with Crippen LogP contribution >= 0.6 is 11.6 Å². The Kier molecular flexibility index (Phi) is 4.33. The van der Waals surface area contributed by atoms with Crippen molar-refractivity contribution in [2.45, 2.75) is 26.2 Å². The van der Waals surface area contributed by atoms with Gasteiger partial charge in [-0.05, 0) is 37.5 Å². The highest BCUT2D eigenvalue weighted by atomic mass is 35.5. The molecule has 2 rings (SSSR count). The maximum atomic E-state index is 12.3. The van der Waals surface area contributed by atoms with Crippen molar-refractivity contribution in [2.24, 2.45) is 5.41 Å². The van der Waals surface area contributed by atoms with Gasteiger partial charge in [0.1, 0.15) is 0 Å². The summed E-state index contributed by atoms with van der Waals surface area (Å²) in [5, 5.41) is 9.88. The molecule has 1 aromatic carbocycles. The molecule has 0 bridgehead atoms. The third-order valence-corrected chi connectivity index (χ3v) is 4.44. The highest BCUT2D eigenvalue weighted by molar-refractivity contribution is 6.30. The predicted molar refractivity (Wildman–Crippen MR) is 76.9 cm³/mol. The quantitative estimate of drug-likeness (QED) is 0.932. The molecule has 4 nitrogen and oxygen atoms in total. The molecule has 1 aromatic rings. The van der Waals surface area contributed by atoms with Crippen LogP contribution in [0.15, 0.2) is 24.3 Å². The van der Waals surface area contributed by atoms with E-state index in [9.17, 15) is 14.7 Å². The molecule has 20 heavy (non-hydrogen) atoms. The highest BCUT2D eigenvalue weighted by Gasteiger charge is 2.40. The minimum atomic E-state index is -0.755. The van der Waals surface area contributed by atoms with Gasteiger partial charge < -0.3 is 10.0 Å². The van der Waals surface area contributed by atoms with Crippen LogP contribution in [0.4, 0.5) is 0 Å². The number of hydrogen-bond donors (Lipinski definition) is 1. The summed E-state index contributed by atoms with van der Waals surface area (Å²) in [7, 11) is 0. The summed E-state index contributed by atoms with van der Waals surface area (Å²) in [5.41, 5.74) is -0.123. The van der Waals surface area contributed by atoms with E-state index >= 15 is 0 Å². The number of carboxylic acid groups (broad SMARTS) is 1. The molecule has 0 spiro atoms. The van der Waals surface area contributed by atoms with E-state index in [4.69, 9.17) is 11.6 Å². The van der Waals surface area contributed by atoms with Crippen LogP contribution in [0.2, 0.25) is 5.02 Å². The number of rotatable bonds is 3. The Morgan fingerprint density at radius 1 is 1.35 bits per heavy atom. The zero-order valence-corrected chi connectivity index (χ0v) is 12.2. The number of aliphatic carboxylic acids is 1. The largest absolute Gasteiger partial charge is 0.481 e. The number of hydrogen-bond acceptors (Lipinski definition) is 2. The molecule has 108 valence electrons. The number of amides is 1. The second-order valence-electron chi connectivity index (χ2n) is 5.24. The molecule has 1 aliphatic heterocycles. The minimum Gasteiger partial charge on any atom is -0.481 e. The molecule has 0 radical (unpaired) electrons. The van der Waals surface area contributed by atoms with Crippen molar-refractivity contribution in [1.82, 2.24) is 4.90 Å². The smallest absolute Gasteiger partial charge is 0.309 e. The van der Waals surface area contributed by atoms with E-state index in [0.717, 1.165) is 0 Å². The SMILES string of the molecule is CCC1(C(=O)O)CCN(C(=O)c2cccc(Cl)c2)CC1. The van der Waals surface area contributed by atoms with Gasteiger partial charge in [0.2, 0.25) is 0 Å². The Morgan fingerprint density at radius 3 is 2.50 bits per heavy atom. The van der Waals surface area contributed by atoms with Gasteiger partial charge in [-0.15, -0.1) is 0 Å². The molecule has 1 aliphatic rings. The van der Waals surface area contributed by atoms with Gasteiger partial charge in [0.05, 0.1) is 5.41 Å². The van der Waals surface area contributed by atoms with Crippen LogP contribution in [0.1, 0.15) is 36.5 Å². The number of halogens is 1. The fraction of sp³-hybridized carbons (Fsp3) is 0.467. The molecule has 1 saturated heterocycles. The average Bonchev–Trinajstić information content (AvgIpc) is 2.46. The number of carboxylic acids is 1. The second kappa shape index (κ2) is 5.83. The van der Waals surface area contributed by atoms with Crippen LogP contribution in [0.3, 0.4) is 0 Å². The normalized spacial score (nSPS) is 17.8. The van der Waals surface area contributed by atoms with E-state index in [-0.39, 0.29) is 5.91 Å². The van der Waals surface area contributed by atoms with Crippen molar-refractivity contribution >= 4 is 23.5 Å². The highest BCUT2D eigenvalue weighted by Crippen LogP contribution is 2.35. The lowest BCUT2D eigenvalue weighted by Gasteiger charge is -2.38. The number of carbonyl (C=O) groups excluding carboxylic acids is 1. The first-order valence-corrected chi connectivity index (χ1v) is 7.14. The Bertz CT molecular complexity index is 522. The zero-order valence-electron chi connectivity index (χ0n) is 11.4. The van der Waals surface area contributed by atoms with E-state index in [1.165, 1.54) is 0 Å². The molecule has 0 saturated carbocycles. The summed E-state index contributed by atoms with van der Waals surface area (Å²) >= 11 is 5.89. The van der Waals surface area contributed by atoms with Gasteiger partial charge in [0, 0.05) is 23.7 Å². The first-order chi connectivity index (χ1) is 9.48. The number of benzene rings is 1. The molecular formula is C15H18ClNO3. The monoisotopic (exact) mass is 295 g/mol. The second-order valence-corrected chi connectivity index (χ2v) is 5.68. The van der Waals surface area contributed by atoms with Gasteiger partial charge in [0.15, 0.2) is 0 Å². The third-order valence-electron chi connectivity index (χ3n) is 4.21. The first-order valence-electron chi connectivity index (χ1n) is 6.77. The van der Waals surface area contributed by atoms with Gasteiger partial charge >= 0.3 is 5.97 Å². The van der Waals surface area contributed by atoms with Crippen molar-refractivity contribution < 1.29 is 14.7 Å². The lowest BCUT2D eigenvalue weighted by Crippen LogP contribution is -2.46. The van der Waals surface area contributed by atoms with Gasteiger partial charge in [-0.2, -0.15) is 0 Å². The summed E-state index contributed by atoms with van der Waals surface area (Å²) in [6.45, 7) is 2.85. The first kappa shape index (κ1) is 14.9. The van der Waals surface area contributed by atoms with Crippen molar-refractivity contribution in [2.75, 3.05) is 13.1 Å². The maximum absolute atomic E-state index is 12.3. The van der Waals surface area contributed by atoms with Crippen molar-refractivity contribution in [3.05, 3.63) is 34.9 Å². The van der Waals surface area contributed by atoms with Crippen molar-refractivity contribution in [3.8, 4) is 0 Å². The Balaban J connectivity index is 2.07. The average molecular weight is 296 g/mol. The van der Waals surface area contributed by atoms with E-state index in [2.05, 4.69) is 0 Å². The predicted octanol–water partition coefficient (Wildman–Crippen LogP) is 3.06. The topological polar surface area (TPSA) is 57.6 Å². The summed E-state index contributed by atoms with van der Waals surface area (Å²) < 4.78 is 0. The standard InChI is InChI=1S/C15H18ClNO3/c1-2-15(14(19)20)6-8-17(9-7-15)13(18)11-4-3-5-12(16)10-11/h3-5,10H,2,6-9H2,1H3,(H,19,20). The lowest BCUT2D eigenvalue weighted by atomic mass is 9.76. The van der Waals surface area contributed by atoms with E-state index in [0.29, 0.717) is 42.9 Å². The molecule has 0 atom stereocenters. The fourth-order valence-electron chi connectivity index (χ4n) is 2.66. The summed E-state index contributed by atoms with van der Waals surface area (Å²) in [4.78, 5) is 25.4. The van der Waals surface area contributed by atoms with Crippen molar-refractivity contribution in [1.29, 1.82) is 0 Å². The number of piperidine rings is 1. The van der Waals surface area contributed by atoms with Gasteiger partial charge in [-0.3, -0.25) is 9.59 Å². The number of likely N-dealkylation sites (tertiary alicyclic amines) is 1. The Labute approximate surface area is 123 Å². The van der Waals surface area contributed by atoms with Crippen LogP contribution in [0.5, 0.6) is 0 Å².